The van der Waals surface area contributed by atoms with E-state index in [9.17, 15) is 17.2 Å². The Balaban J connectivity index is 2.32. The van der Waals surface area contributed by atoms with E-state index in [0.29, 0.717) is 11.8 Å². The largest absolute Gasteiger partial charge is 0.495 e. The van der Waals surface area contributed by atoms with Crippen molar-refractivity contribution in [3.8, 4) is 5.75 Å². The molecule has 5 nitrogen and oxygen atoms in total. The third kappa shape index (κ3) is 3.22. The Morgan fingerprint density at radius 3 is 2.38 bits per heavy atom. The second kappa shape index (κ2) is 5.57. The first-order valence-corrected chi connectivity index (χ1v) is 7.23. The maximum Gasteiger partial charge on any atom is 0.262 e. The fraction of sp³-hybridized carbons (Fsp3) is 0.0769. The molecule has 21 heavy (non-hydrogen) atoms. The smallest absolute Gasteiger partial charge is 0.262 e. The van der Waals surface area contributed by atoms with E-state index < -0.39 is 26.6 Å². The number of halogens is 2. The molecule has 0 heterocycles. The van der Waals surface area contributed by atoms with Crippen LogP contribution < -0.4 is 15.2 Å². The second-order valence-corrected chi connectivity index (χ2v) is 5.82. The van der Waals surface area contributed by atoms with Gasteiger partial charge in [-0.1, -0.05) is 0 Å². The molecule has 2 aromatic carbocycles. The van der Waals surface area contributed by atoms with E-state index in [-0.39, 0.29) is 11.4 Å². The van der Waals surface area contributed by atoms with Crippen molar-refractivity contribution in [3.63, 3.8) is 0 Å². The van der Waals surface area contributed by atoms with Crippen molar-refractivity contribution in [1.29, 1.82) is 0 Å². The molecule has 0 fully saturated rings. The minimum Gasteiger partial charge on any atom is -0.495 e. The van der Waals surface area contributed by atoms with E-state index in [2.05, 4.69) is 4.72 Å². The van der Waals surface area contributed by atoms with Crippen LogP contribution in [0.5, 0.6) is 5.75 Å². The maximum atomic E-state index is 13.1. The van der Waals surface area contributed by atoms with Gasteiger partial charge in [0.15, 0.2) is 11.6 Å². The van der Waals surface area contributed by atoms with Crippen LogP contribution in [0.4, 0.5) is 20.2 Å². The van der Waals surface area contributed by atoms with Gasteiger partial charge in [-0.3, -0.25) is 4.72 Å². The monoisotopic (exact) mass is 314 g/mol. The van der Waals surface area contributed by atoms with Crippen LogP contribution in [0.3, 0.4) is 0 Å². The lowest BCUT2D eigenvalue weighted by Crippen LogP contribution is -2.13. The zero-order valence-electron chi connectivity index (χ0n) is 10.9. The van der Waals surface area contributed by atoms with E-state index in [1.165, 1.54) is 25.3 Å². The van der Waals surface area contributed by atoms with Crippen LogP contribution in [0.15, 0.2) is 41.3 Å². The fourth-order valence-corrected chi connectivity index (χ4v) is 2.72. The van der Waals surface area contributed by atoms with Gasteiger partial charge in [-0.15, -0.1) is 0 Å². The molecule has 0 radical (unpaired) electrons. The molecule has 0 aliphatic rings. The summed E-state index contributed by atoms with van der Waals surface area (Å²) in [4.78, 5) is -0.393. The van der Waals surface area contributed by atoms with Crippen LogP contribution in [0.1, 0.15) is 0 Å². The Hall–Kier alpha value is -2.35. The average molecular weight is 314 g/mol. The van der Waals surface area contributed by atoms with Gasteiger partial charge < -0.3 is 10.5 Å². The molecule has 0 aromatic heterocycles. The maximum absolute atomic E-state index is 13.1. The number of benzene rings is 2. The van der Waals surface area contributed by atoms with Gasteiger partial charge in [0.2, 0.25) is 0 Å². The highest BCUT2D eigenvalue weighted by Crippen LogP contribution is 2.26. The summed E-state index contributed by atoms with van der Waals surface area (Å²) in [6, 6.07) is 6.59. The summed E-state index contributed by atoms with van der Waals surface area (Å²) < 4.78 is 57.2. The third-order valence-electron chi connectivity index (χ3n) is 2.68. The lowest BCUT2D eigenvalue weighted by molar-refractivity contribution is 0.417. The molecule has 2 aromatic rings. The summed E-state index contributed by atoms with van der Waals surface area (Å²) in [6.45, 7) is 0. The number of hydrogen-bond donors (Lipinski definition) is 2. The highest BCUT2D eigenvalue weighted by Gasteiger charge is 2.17. The van der Waals surface area contributed by atoms with Crippen LogP contribution in [-0.4, -0.2) is 15.5 Å². The summed E-state index contributed by atoms with van der Waals surface area (Å²) in [5.74, 6) is -1.97. The molecular weight excluding hydrogens is 302 g/mol. The molecule has 0 bridgehead atoms. The van der Waals surface area contributed by atoms with Crippen LogP contribution >= 0.6 is 0 Å². The minimum absolute atomic E-state index is 0.179. The van der Waals surface area contributed by atoms with Crippen LogP contribution in [0, 0.1) is 11.6 Å². The van der Waals surface area contributed by atoms with Crippen LogP contribution in [-0.2, 0) is 10.0 Å². The van der Waals surface area contributed by atoms with Gasteiger partial charge in [-0.25, -0.2) is 17.2 Å². The number of rotatable bonds is 4. The van der Waals surface area contributed by atoms with E-state index in [4.69, 9.17) is 10.5 Å². The number of sulfonamides is 1. The predicted molar refractivity (Wildman–Crippen MR) is 74.6 cm³/mol. The van der Waals surface area contributed by atoms with Crippen LogP contribution in [0.2, 0.25) is 0 Å². The summed E-state index contributed by atoms with van der Waals surface area (Å²) in [7, 11) is -2.61. The van der Waals surface area contributed by atoms with E-state index in [0.717, 1.165) is 12.1 Å². The topological polar surface area (TPSA) is 81.4 Å². The lowest BCUT2D eigenvalue weighted by Gasteiger charge is -2.10. The van der Waals surface area contributed by atoms with Crippen molar-refractivity contribution in [3.05, 3.63) is 48.0 Å². The molecule has 0 unspecified atom stereocenters. The van der Waals surface area contributed by atoms with Gasteiger partial charge in [0.25, 0.3) is 10.0 Å². The van der Waals surface area contributed by atoms with Gasteiger partial charge in [0.05, 0.1) is 23.4 Å². The Morgan fingerprint density at radius 2 is 1.81 bits per heavy atom. The summed E-state index contributed by atoms with van der Waals surface area (Å²) in [5.41, 5.74) is 6.08. The van der Waals surface area contributed by atoms with Gasteiger partial charge >= 0.3 is 0 Å². The van der Waals surface area contributed by atoms with E-state index >= 15 is 0 Å². The van der Waals surface area contributed by atoms with Crippen LogP contribution in [0.25, 0.3) is 0 Å². The molecule has 0 saturated carbocycles. The Kier molecular flexibility index (Phi) is 3.99. The molecule has 0 spiro atoms. The highest BCUT2D eigenvalue weighted by molar-refractivity contribution is 7.92. The van der Waals surface area contributed by atoms with Gasteiger partial charge in [0, 0.05) is 0 Å². The SMILES string of the molecule is COc1ccc(NS(=O)(=O)c2ccc(F)c(F)c2)cc1N. The van der Waals surface area contributed by atoms with Gasteiger partial charge in [0.1, 0.15) is 5.75 Å². The molecule has 8 heteroatoms. The van der Waals surface area contributed by atoms with Crippen molar-refractivity contribution in [1.82, 2.24) is 0 Å². The first kappa shape index (κ1) is 15.0. The fourth-order valence-electron chi connectivity index (χ4n) is 1.66. The third-order valence-corrected chi connectivity index (χ3v) is 4.06. The Labute approximate surface area is 120 Å². The molecule has 0 saturated heterocycles. The predicted octanol–water partition coefficient (Wildman–Crippen LogP) is 2.36. The Morgan fingerprint density at radius 1 is 1.10 bits per heavy atom. The number of nitrogens with two attached hydrogens (primary N) is 1. The highest BCUT2D eigenvalue weighted by atomic mass is 32.2. The summed E-state index contributed by atoms with van der Waals surface area (Å²) in [5, 5.41) is 0. The van der Waals surface area contributed by atoms with Crippen molar-refractivity contribution in [2.24, 2.45) is 0 Å². The minimum atomic E-state index is -4.04. The van der Waals surface area contributed by atoms with Gasteiger partial charge in [-0.2, -0.15) is 0 Å². The molecule has 3 N–H and O–H groups in total. The van der Waals surface area contributed by atoms with Crippen molar-refractivity contribution in [2.75, 3.05) is 17.6 Å². The normalized spacial score (nSPS) is 11.2. The number of methoxy groups -OCH3 is 1. The average Bonchev–Trinajstić information content (AvgIpc) is 2.41. The quantitative estimate of drug-likeness (QED) is 0.849. The van der Waals surface area contributed by atoms with Crippen molar-refractivity contribution >= 4 is 21.4 Å². The molecule has 0 atom stereocenters. The summed E-state index contributed by atoms with van der Waals surface area (Å²) >= 11 is 0. The second-order valence-electron chi connectivity index (χ2n) is 4.14. The van der Waals surface area contributed by atoms with E-state index in [1.807, 2.05) is 0 Å². The van der Waals surface area contributed by atoms with Crippen molar-refractivity contribution < 1.29 is 21.9 Å². The first-order valence-electron chi connectivity index (χ1n) is 5.75. The Bertz CT molecular complexity index is 779. The lowest BCUT2D eigenvalue weighted by atomic mass is 10.2. The first-order chi connectivity index (χ1) is 9.83. The number of anilines is 2. The molecule has 2 rings (SSSR count). The van der Waals surface area contributed by atoms with Gasteiger partial charge in [-0.05, 0) is 36.4 Å². The zero-order chi connectivity index (χ0) is 15.6. The summed E-state index contributed by atoms with van der Waals surface area (Å²) in [6.07, 6.45) is 0. The molecular formula is C13H12F2N2O3S. The molecule has 0 aliphatic carbocycles. The molecule has 112 valence electrons. The molecule has 0 amide bonds. The number of nitrogen functional groups attached to an aromatic ring is 1. The number of ether oxygens (including phenoxy) is 1. The zero-order valence-corrected chi connectivity index (χ0v) is 11.7. The standard InChI is InChI=1S/C13H12F2N2O3S/c1-20-13-5-2-8(6-12(13)16)17-21(18,19)9-3-4-10(14)11(15)7-9/h2-7,17H,16H2,1H3. The molecule has 0 aliphatic heterocycles. The number of hydrogen-bond acceptors (Lipinski definition) is 4. The van der Waals surface area contributed by atoms with Crippen molar-refractivity contribution in [2.45, 2.75) is 4.90 Å². The number of nitrogens with one attached hydrogen (secondary N) is 1. The van der Waals surface area contributed by atoms with E-state index in [1.54, 1.807) is 0 Å².